The van der Waals surface area contributed by atoms with Gasteiger partial charge in [0.2, 0.25) is 6.79 Å². The minimum atomic E-state index is -0.328. The molecule has 23 heavy (non-hydrogen) atoms. The van der Waals surface area contributed by atoms with E-state index in [1.807, 2.05) is 4.90 Å². The first-order valence-electron chi connectivity index (χ1n) is 8.00. The van der Waals surface area contributed by atoms with Crippen molar-refractivity contribution in [2.24, 2.45) is 11.1 Å². The number of carbonyl (C=O) groups excluding carboxylic acids is 1. The van der Waals surface area contributed by atoms with Crippen molar-refractivity contribution in [1.29, 1.82) is 0 Å². The summed E-state index contributed by atoms with van der Waals surface area (Å²) < 4.78 is 10.6. The van der Waals surface area contributed by atoms with Crippen LogP contribution >= 0.6 is 0 Å². The average molecular weight is 316 g/mol. The highest BCUT2D eigenvalue weighted by atomic mass is 16.7. The number of likely N-dealkylation sites (tertiary alicyclic amines) is 1. The van der Waals surface area contributed by atoms with Gasteiger partial charge in [-0.05, 0) is 24.1 Å². The van der Waals surface area contributed by atoms with Crippen LogP contribution in [0, 0.1) is 5.92 Å². The van der Waals surface area contributed by atoms with E-state index in [1.165, 1.54) is 0 Å². The van der Waals surface area contributed by atoms with Gasteiger partial charge in [-0.15, -0.1) is 0 Å². The summed E-state index contributed by atoms with van der Waals surface area (Å²) in [5, 5.41) is 4.23. The fourth-order valence-electron chi connectivity index (χ4n) is 3.31. The molecule has 1 aromatic carbocycles. The summed E-state index contributed by atoms with van der Waals surface area (Å²) in [6, 6.07) is 5.32. The SMILES string of the molecule is CC(C)C1=NOC2(CCN(C(=O)c3ccc4c(c3)OCO4)C2)C1. The van der Waals surface area contributed by atoms with E-state index in [2.05, 4.69) is 19.0 Å². The largest absolute Gasteiger partial charge is 0.454 e. The van der Waals surface area contributed by atoms with Gasteiger partial charge in [-0.25, -0.2) is 0 Å². The highest BCUT2D eigenvalue weighted by molar-refractivity contribution is 5.95. The summed E-state index contributed by atoms with van der Waals surface area (Å²) in [5.41, 5.74) is 1.38. The monoisotopic (exact) mass is 316 g/mol. The van der Waals surface area contributed by atoms with Crippen LogP contribution < -0.4 is 9.47 Å². The van der Waals surface area contributed by atoms with Gasteiger partial charge in [0.1, 0.15) is 0 Å². The first kappa shape index (κ1) is 14.4. The third-order valence-corrected chi connectivity index (χ3v) is 4.75. The molecule has 6 heteroatoms. The number of benzene rings is 1. The van der Waals surface area contributed by atoms with Crippen LogP contribution in [-0.2, 0) is 4.84 Å². The van der Waals surface area contributed by atoms with Crippen LogP contribution in [0.4, 0.5) is 0 Å². The number of hydrogen-bond acceptors (Lipinski definition) is 5. The molecule has 0 bridgehead atoms. The molecule has 1 amide bonds. The van der Waals surface area contributed by atoms with Gasteiger partial charge < -0.3 is 19.2 Å². The van der Waals surface area contributed by atoms with Gasteiger partial charge in [0.25, 0.3) is 5.91 Å². The molecule has 0 aromatic heterocycles. The second-order valence-electron chi connectivity index (χ2n) is 6.73. The fraction of sp³-hybridized carbons (Fsp3) is 0.529. The van der Waals surface area contributed by atoms with Crippen LogP contribution in [0.1, 0.15) is 37.0 Å². The van der Waals surface area contributed by atoms with Crippen LogP contribution in [0.25, 0.3) is 0 Å². The zero-order valence-corrected chi connectivity index (χ0v) is 13.4. The summed E-state index contributed by atoms with van der Waals surface area (Å²) in [5.74, 6) is 1.70. The van der Waals surface area contributed by atoms with Gasteiger partial charge in [0, 0.05) is 24.9 Å². The van der Waals surface area contributed by atoms with E-state index >= 15 is 0 Å². The van der Waals surface area contributed by atoms with Crippen LogP contribution in [0.15, 0.2) is 23.4 Å². The Morgan fingerprint density at radius 1 is 1.30 bits per heavy atom. The molecule has 1 spiro atoms. The third kappa shape index (κ3) is 2.42. The summed E-state index contributed by atoms with van der Waals surface area (Å²) in [4.78, 5) is 20.3. The maximum absolute atomic E-state index is 12.7. The van der Waals surface area contributed by atoms with Crippen molar-refractivity contribution in [3.8, 4) is 11.5 Å². The Bertz CT molecular complexity index is 685. The van der Waals surface area contributed by atoms with Gasteiger partial charge >= 0.3 is 0 Å². The van der Waals surface area contributed by atoms with Gasteiger partial charge in [0.15, 0.2) is 17.1 Å². The normalized spacial score (nSPS) is 25.2. The molecule has 0 saturated carbocycles. The quantitative estimate of drug-likeness (QED) is 0.841. The van der Waals surface area contributed by atoms with Gasteiger partial charge in [-0.3, -0.25) is 4.79 Å². The number of nitrogens with zero attached hydrogens (tertiary/aromatic N) is 2. The predicted molar refractivity (Wildman–Crippen MR) is 83.8 cm³/mol. The van der Waals surface area contributed by atoms with E-state index < -0.39 is 0 Å². The van der Waals surface area contributed by atoms with Crippen molar-refractivity contribution < 1.29 is 19.1 Å². The minimum Gasteiger partial charge on any atom is -0.454 e. The van der Waals surface area contributed by atoms with Crippen molar-refractivity contribution in [1.82, 2.24) is 4.90 Å². The Balaban J connectivity index is 1.47. The predicted octanol–water partition coefficient (Wildman–Crippen LogP) is 2.43. The Morgan fingerprint density at radius 3 is 2.91 bits per heavy atom. The lowest BCUT2D eigenvalue weighted by Crippen LogP contribution is -2.36. The lowest BCUT2D eigenvalue weighted by Gasteiger charge is -2.22. The van der Waals surface area contributed by atoms with E-state index in [-0.39, 0.29) is 18.3 Å². The molecule has 3 aliphatic rings. The lowest BCUT2D eigenvalue weighted by molar-refractivity contribution is -0.00917. The molecule has 1 fully saturated rings. The van der Waals surface area contributed by atoms with E-state index in [0.717, 1.165) is 18.6 Å². The van der Waals surface area contributed by atoms with Crippen LogP contribution in [0.5, 0.6) is 11.5 Å². The van der Waals surface area contributed by atoms with E-state index in [9.17, 15) is 4.79 Å². The number of carbonyl (C=O) groups is 1. The first-order valence-corrected chi connectivity index (χ1v) is 8.00. The van der Waals surface area contributed by atoms with Crippen LogP contribution in [-0.4, -0.2) is 42.0 Å². The molecule has 1 unspecified atom stereocenters. The van der Waals surface area contributed by atoms with Crippen molar-refractivity contribution >= 4 is 11.6 Å². The van der Waals surface area contributed by atoms with Crippen molar-refractivity contribution in [2.45, 2.75) is 32.3 Å². The number of ether oxygens (including phenoxy) is 2. The number of oxime groups is 1. The van der Waals surface area contributed by atoms with Crippen molar-refractivity contribution in [2.75, 3.05) is 19.9 Å². The second kappa shape index (κ2) is 5.15. The zero-order chi connectivity index (χ0) is 16.0. The molecule has 0 radical (unpaired) electrons. The molecule has 1 aromatic rings. The van der Waals surface area contributed by atoms with Crippen molar-refractivity contribution in [3.05, 3.63) is 23.8 Å². The molecule has 0 N–H and O–H groups in total. The Hall–Kier alpha value is -2.24. The minimum absolute atomic E-state index is 0.00164. The Morgan fingerprint density at radius 2 is 2.13 bits per heavy atom. The summed E-state index contributed by atoms with van der Waals surface area (Å²) in [6.07, 6.45) is 1.64. The number of fused-ring (bicyclic) bond motifs is 1. The number of hydrogen-bond donors (Lipinski definition) is 0. The lowest BCUT2D eigenvalue weighted by atomic mass is 9.92. The number of rotatable bonds is 2. The van der Waals surface area contributed by atoms with Crippen molar-refractivity contribution in [3.63, 3.8) is 0 Å². The maximum Gasteiger partial charge on any atom is 0.254 e. The van der Waals surface area contributed by atoms with E-state index in [4.69, 9.17) is 14.3 Å². The van der Waals surface area contributed by atoms with Crippen LogP contribution in [0.2, 0.25) is 0 Å². The third-order valence-electron chi connectivity index (χ3n) is 4.75. The smallest absolute Gasteiger partial charge is 0.254 e. The highest BCUT2D eigenvalue weighted by Crippen LogP contribution is 2.37. The topological polar surface area (TPSA) is 60.4 Å². The molecule has 122 valence electrons. The van der Waals surface area contributed by atoms with Crippen LogP contribution in [0.3, 0.4) is 0 Å². The summed E-state index contributed by atoms with van der Waals surface area (Å²) >= 11 is 0. The zero-order valence-electron chi connectivity index (χ0n) is 13.4. The average Bonchev–Trinajstić information content (AvgIpc) is 3.26. The van der Waals surface area contributed by atoms with Gasteiger partial charge in [0.05, 0.1) is 12.3 Å². The number of amides is 1. The fourth-order valence-corrected chi connectivity index (χ4v) is 3.31. The molecule has 1 atom stereocenters. The Labute approximate surface area is 135 Å². The van der Waals surface area contributed by atoms with E-state index in [0.29, 0.717) is 36.1 Å². The van der Waals surface area contributed by atoms with Gasteiger partial charge in [-0.2, -0.15) is 0 Å². The molecule has 6 nitrogen and oxygen atoms in total. The second-order valence-corrected chi connectivity index (χ2v) is 6.73. The Kier molecular flexibility index (Phi) is 3.21. The molecule has 1 saturated heterocycles. The molecule has 0 aliphatic carbocycles. The summed E-state index contributed by atoms with van der Waals surface area (Å²) in [7, 11) is 0. The first-order chi connectivity index (χ1) is 11.1. The summed E-state index contributed by atoms with van der Waals surface area (Å²) in [6.45, 7) is 5.72. The highest BCUT2D eigenvalue weighted by Gasteiger charge is 2.47. The molecule has 4 rings (SSSR count). The maximum atomic E-state index is 12.7. The molecular formula is C17H20N2O4. The molecule has 3 heterocycles. The van der Waals surface area contributed by atoms with Gasteiger partial charge in [-0.1, -0.05) is 19.0 Å². The standard InChI is InChI=1S/C17H20N2O4/c1-11(2)13-8-17(23-18-13)5-6-19(9-17)16(20)12-3-4-14-15(7-12)22-10-21-14/h3-4,7,11H,5-6,8-10H2,1-2H3. The van der Waals surface area contributed by atoms with E-state index in [1.54, 1.807) is 18.2 Å². The molecule has 3 aliphatic heterocycles. The molecular weight excluding hydrogens is 296 g/mol.